The topological polar surface area (TPSA) is 35.2 Å². The first-order valence-corrected chi connectivity index (χ1v) is 6.79. The number of hydrogen-bond donors (Lipinski definition) is 1. The van der Waals surface area contributed by atoms with Gasteiger partial charge in [-0.3, -0.25) is 0 Å². The maximum Gasteiger partial charge on any atom is 0.131 e. The largest absolute Gasteiger partial charge is 0.491 e. The molecule has 0 amide bonds. The third-order valence-electron chi connectivity index (χ3n) is 3.37. The van der Waals surface area contributed by atoms with Crippen molar-refractivity contribution in [3.63, 3.8) is 0 Å². The highest BCUT2D eigenvalue weighted by atomic mass is 19.1. The van der Waals surface area contributed by atoms with Crippen LogP contribution in [-0.2, 0) is 0 Å². The lowest BCUT2D eigenvalue weighted by molar-refractivity contribution is 0.284. The Morgan fingerprint density at radius 2 is 1.67 bits per heavy atom. The van der Waals surface area contributed by atoms with E-state index in [1.165, 1.54) is 12.1 Å². The van der Waals surface area contributed by atoms with E-state index in [1.54, 1.807) is 0 Å². The zero-order chi connectivity index (χ0) is 15.6. The second kappa shape index (κ2) is 6.22. The Bertz CT molecular complexity index is 632. The Morgan fingerprint density at radius 3 is 2.24 bits per heavy atom. The molecular weight excluding hydrogens is 272 g/mol. The summed E-state index contributed by atoms with van der Waals surface area (Å²) >= 11 is 0. The number of nitrogens with two attached hydrogens (primary N) is 1. The van der Waals surface area contributed by atoms with Crippen LogP contribution in [0.2, 0.25) is 0 Å². The van der Waals surface area contributed by atoms with Crippen LogP contribution in [0.15, 0.2) is 30.3 Å². The molecule has 0 saturated heterocycles. The predicted molar refractivity (Wildman–Crippen MR) is 79.4 cm³/mol. The van der Waals surface area contributed by atoms with Gasteiger partial charge in [0.05, 0.1) is 6.04 Å². The Labute approximate surface area is 123 Å². The van der Waals surface area contributed by atoms with Gasteiger partial charge in [-0.1, -0.05) is 23.8 Å². The van der Waals surface area contributed by atoms with Crippen LogP contribution in [0.5, 0.6) is 5.75 Å². The second-order valence-corrected chi connectivity index (χ2v) is 5.31. The molecule has 0 aromatic heterocycles. The lowest BCUT2D eigenvalue weighted by Gasteiger charge is -2.17. The molecular formula is C17H19F2NO. The monoisotopic (exact) mass is 291 g/mol. The average Bonchev–Trinajstić information content (AvgIpc) is 2.36. The van der Waals surface area contributed by atoms with Crippen molar-refractivity contribution in [3.05, 3.63) is 64.2 Å². The summed E-state index contributed by atoms with van der Waals surface area (Å²) in [5.74, 6) is -0.503. The summed E-state index contributed by atoms with van der Waals surface area (Å²) in [4.78, 5) is 0. The van der Waals surface area contributed by atoms with Gasteiger partial charge in [0.1, 0.15) is 24.0 Å². The van der Waals surface area contributed by atoms with Gasteiger partial charge in [0.2, 0.25) is 0 Å². The molecule has 2 aromatic rings. The van der Waals surface area contributed by atoms with Gasteiger partial charge in [-0.25, -0.2) is 8.78 Å². The molecule has 2 aromatic carbocycles. The quantitative estimate of drug-likeness (QED) is 0.925. The lowest BCUT2D eigenvalue weighted by Crippen LogP contribution is -2.21. The SMILES string of the molecule is Cc1cc(C)c(OCC(N)c2ccc(F)cc2F)c(C)c1. The molecule has 21 heavy (non-hydrogen) atoms. The molecule has 0 spiro atoms. The fourth-order valence-electron chi connectivity index (χ4n) is 2.46. The summed E-state index contributed by atoms with van der Waals surface area (Å²) in [6.45, 7) is 6.06. The highest BCUT2D eigenvalue weighted by Gasteiger charge is 2.14. The van der Waals surface area contributed by atoms with Crippen molar-refractivity contribution >= 4 is 0 Å². The van der Waals surface area contributed by atoms with E-state index in [9.17, 15) is 8.78 Å². The Kier molecular flexibility index (Phi) is 4.58. The van der Waals surface area contributed by atoms with Crippen LogP contribution in [0.3, 0.4) is 0 Å². The molecule has 2 N–H and O–H groups in total. The van der Waals surface area contributed by atoms with E-state index >= 15 is 0 Å². The van der Waals surface area contributed by atoms with Gasteiger partial charge in [0.15, 0.2) is 0 Å². The van der Waals surface area contributed by atoms with Crippen LogP contribution in [0.4, 0.5) is 8.78 Å². The van der Waals surface area contributed by atoms with E-state index in [2.05, 4.69) is 0 Å². The van der Waals surface area contributed by atoms with Gasteiger partial charge in [-0.05, 0) is 38.0 Å². The van der Waals surface area contributed by atoms with Gasteiger partial charge in [0, 0.05) is 11.6 Å². The van der Waals surface area contributed by atoms with Gasteiger partial charge in [-0.15, -0.1) is 0 Å². The number of halogens is 2. The smallest absolute Gasteiger partial charge is 0.131 e. The van der Waals surface area contributed by atoms with Crippen molar-refractivity contribution in [3.8, 4) is 5.75 Å². The maximum absolute atomic E-state index is 13.7. The standard InChI is InChI=1S/C17H19F2NO/c1-10-6-11(2)17(12(3)7-10)21-9-16(20)14-5-4-13(18)8-15(14)19/h4-8,16H,9,20H2,1-3H3. The highest BCUT2D eigenvalue weighted by Crippen LogP contribution is 2.26. The minimum Gasteiger partial charge on any atom is -0.491 e. The molecule has 112 valence electrons. The predicted octanol–water partition coefficient (Wildman–Crippen LogP) is 3.97. The van der Waals surface area contributed by atoms with Crippen molar-refractivity contribution in [2.24, 2.45) is 5.73 Å². The molecule has 0 aliphatic heterocycles. The Hall–Kier alpha value is -1.94. The van der Waals surface area contributed by atoms with Gasteiger partial charge < -0.3 is 10.5 Å². The minimum absolute atomic E-state index is 0.132. The van der Waals surface area contributed by atoms with E-state index in [1.807, 2.05) is 32.9 Å². The van der Waals surface area contributed by atoms with Crippen LogP contribution < -0.4 is 10.5 Å². The summed E-state index contributed by atoms with van der Waals surface area (Å²) in [5, 5.41) is 0. The van der Waals surface area contributed by atoms with Gasteiger partial charge >= 0.3 is 0 Å². The zero-order valence-corrected chi connectivity index (χ0v) is 12.4. The summed E-state index contributed by atoms with van der Waals surface area (Å²) in [6.07, 6.45) is 0. The van der Waals surface area contributed by atoms with Crippen molar-refractivity contribution in [2.45, 2.75) is 26.8 Å². The van der Waals surface area contributed by atoms with Crippen molar-refractivity contribution in [2.75, 3.05) is 6.61 Å². The molecule has 0 bridgehead atoms. The minimum atomic E-state index is -0.650. The van der Waals surface area contributed by atoms with Crippen molar-refractivity contribution < 1.29 is 13.5 Å². The van der Waals surface area contributed by atoms with Crippen LogP contribution in [0.25, 0.3) is 0 Å². The van der Waals surface area contributed by atoms with Gasteiger partial charge in [0.25, 0.3) is 0 Å². The van der Waals surface area contributed by atoms with E-state index < -0.39 is 17.7 Å². The fraction of sp³-hybridized carbons (Fsp3) is 0.294. The molecule has 1 unspecified atom stereocenters. The highest BCUT2D eigenvalue weighted by molar-refractivity contribution is 5.43. The van der Waals surface area contributed by atoms with E-state index in [-0.39, 0.29) is 12.2 Å². The molecule has 1 atom stereocenters. The Morgan fingerprint density at radius 1 is 1.05 bits per heavy atom. The molecule has 0 aliphatic rings. The molecule has 0 heterocycles. The molecule has 0 fully saturated rings. The molecule has 2 nitrogen and oxygen atoms in total. The molecule has 4 heteroatoms. The second-order valence-electron chi connectivity index (χ2n) is 5.31. The first kappa shape index (κ1) is 15.4. The third-order valence-corrected chi connectivity index (χ3v) is 3.37. The number of aryl methyl sites for hydroxylation is 3. The summed E-state index contributed by atoms with van der Waals surface area (Å²) < 4.78 is 32.3. The van der Waals surface area contributed by atoms with E-state index in [0.717, 1.165) is 28.5 Å². The van der Waals surface area contributed by atoms with Gasteiger partial charge in [-0.2, -0.15) is 0 Å². The maximum atomic E-state index is 13.7. The van der Waals surface area contributed by atoms with Crippen LogP contribution in [0, 0.1) is 32.4 Å². The first-order chi connectivity index (χ1) is 9.88. The summed E-state index contributed by atoms with van der Waals surface area (Å²) in [7, 11) is 0. The summed E-state index contributed by atoms with van der Waals surface area (Å²) in [5.41, 5.74) is 9.37. The number of rotatable bonds is 4. The van der Waals surface area contributed by atoms with Crippen LogP contribution in [-0.4, -0.2) is 6.61 Å². The Balaban J connectivity index is 2.13. The first-order valence-electron chi connectivity index (χ1n) is 6.79. The molecule has 0 saturated carbocycles. The van der Waals surface area contributed by atoms with Crippen LogP contribution in [0.1, 0.15) is 28.3 Å². The third kappa shape index (κ3) is 3.58. The lowest BCUT2D eigenvalue weighted by atomic mass is 10.1. The normalized spacial score (nSPS) is 12.3. The molecule has 2 rings (SSSR count). The molecule has 0 radical (unpaired) electrons. The number of ether oxygens (including phenoxy) is 1. The van der Waals surface area contributed by atoms with Crippen molar-refractivity contribution in [1.82, 2.24) is 0 Å². The molecule has 0 aliphatic carbocycles. The zero-order valence-electron chi connectivity index (χ0n) is 12.4. The number of benzene rings is 2. The summed E-state index contributed by atoms with van der Waals surface area (Å²) in [6, 6.07) is 6.77. The van der Waals surface area contributed by atoms with Crippen LogP contribution >= 0.6 is 0 Å². The van der Waals surface area contributed by atoms with E-state index in [0.29, 0.717) is 0 Å². The van der Waals surface area contributed by atoms with E-state index in [4.69, 9.17) is 10.5 Å². The average molecular weight is 291 g/mol. The number of hydrogen-bond acceptors (Lipinski definition) is 2. The fourth-order valence-corrected chi connectivity index (χ4v) is 2.46. The van der Waals surface area contributed by atoms with Crippen molar-refractivity contribution in [1.29, 1.82) is 0 Å².